The largest absolute Gasteiger partial charge is 0.349 e. The Hall–Kier alpha value is -2.41. The summed E-state index contributed by atoms with van der Waals surface area (Å²) in [5, 5.41) is 3.06. The minimum Gasteiger partial charge on any atom is -0.349 e. The molecule has 1 amide bonds. The summed E-state index contributed by atoms with van der Waals surface area (Å²) >= 11 is 0. The third kappa shape index (κ3) is 6.03. The summed E-state index contributed by atoms with van der Waals surface area (Å²) in [5.74, 6) is -0.162. The summed E-state index contributed by atoms with van der Waals surface area (Å²) in [6.45, 7) is 8.24. The highest BCUT2D eigenvalue weighted by atomic mass is 32.2. The smallest absolute Gasteiger partial charge is 0.251 e. The minimum absolute atomic E-state index is 0.00599. The summed E-state index contributed by atoms with van der Waals surface area (Å²) in [5.41, 5.74) is 1.14. The van der Waals surface area contributed by atoms with Crippen molar-refractivity contribution < 1.29 is 17.6 Å². The van der Waals surface area contributed by atoms with E-state index in [4.69, 9.17) is 0 Å². The van der Waals surface area contributed by atoms with Crippen molar-refractivity contribution in [3.63, 3.8) is 0 Å². The predicted octanol–water partition coefficient (Wildman–Crippen LogP) is 4.20. The average molecular weight is 421 g/mol. The number of hydrogen-bond acceptors (Lipinski definition) is 3. The monoisotopic (exact) mass is 420 g/mol. The van der Waals surface area contributed by atoms with E-state index in [0.29, 0.717) is 23.0 Å². The molecule has 0 spiro atoms. The van der Waals surface area contributed by atoms with E-state index >= 15 is 0 Å². The highest BCUT2D eigenvalue weighted by Gasteiger charge is 2.22. The molecule has 0 bridgehead atoms. The molecule has 0 heterocycles. The molecule has 0 unspecified atom stereocenters. The van der Waals surface area contributed by atoms with E-state index in [-0.39, 0.29) is 24.2 Å². The molecule has 2 aromatic carbocycles. The van der Waals surface area contributed by atoms with Crippen LogP contribution in [-0.2, 0) is 16.6 Å². The number of amides is 1. The molecule has 2 rings (SSSR count). The maximum atomic E-state index is 14.1. The van der Waals surface area contributed by atoms with Gasteiger partial charge < -0.3 is 5.32 Å². The Balaban J connectivity index is 2.20. The van der Waals surface area contributed by atoms with Crippen molar-refractivity contribution in [2.24, 2.45) is 11.8 Å². The third-order valence-corrected chi connectivity index (χ3v) is 5.92. The Kier molecular flexibility index (Phi) is 7.41. The molecule has 0 aromatic heterocycles. The minimum atomic E-state index is -3.69. The fourth-order valence-corrected chi connectivity index (χ4v) is 4.19. The molecule has 158 valence electrons. The number of sulfonamides is 1. The van der Waals surface area contributed by atoms with Gasteiger partial charge in [-0.3, -0.25) is 9.10 Å². The normalized spacial score (nSPS) is 11.9. The Morgan fingerprint density at radius 2 is 1.55 bits per heavy atom. The second kappa shape index (κ2) is 9.39. The fourth-order valence-electron chi connectivity index (χ4n) is 3.30. The summed E-state index contributed by atoms with van der Waals surface area (Å²) < 4.78 is 39.6. The lowest BCUT2D eigenvalue weighted by Crippen LogP contribution is -2.42. The first-order chi connectivity index (χ1) is 13.5. The van der Waals surface area contributed by atoms with E-state index in [1.807, 2.05) is 0 Å². The van der Waals surface area contributed by atoms with Crippen LogP contribution in [0.4, 0.5) is 10.1 Å². The molecule has 5 nitrogen and oxygen atoms in total. The van der Waals surface area contributed by atoms with E-state index in [9.17, 15) is 17.6 Å². The van der Waals surface area contributed by atoms with Crippen molar-refractivity contribution in [2.75, 3.05) is 10.6 Å². The summed E-state index contributed by atoms with van der Waals surface area (Å²) in [6, 6.07) is 12.5. The number of para-hydroxylation sites is 1. The van der Waals surface area contributed by atoms with Crippen LogP contribution in [0.1, 0.15) is 43.6 Å². The van der Waals surface area contributed by atoms with Crippen molar-refractivity contribution >= 4 is 21.6 Å². The van der Waals surface area contributed by atoms with E-state index in [0.717, 1.165) is 10.6 Å². The van der Waals surface area contributed by atoms with Gasteiger partial charge in [-0.2, -0.15) is 0 Å². The molecule has 29 heavy (non-hydrogen) atoms. The molecule has 0 radical (unpaired) electrons. The molecule has 0 atom stereocenters. The average Bonchev–Trinajstić information content (AvgIpc) is 2.63. The zero-order valence-electron chi connectivity index (χ0n) is 17.5. The van der Waals surface area contributed by atoms with Gasteiger partial charge >= 0.3 is 0 Å². The number of anilines is 1. The molecule has 0 aliphatic heterocycles. The number of rotatable bonds is 8. The van der Waals surface area contributed by atoms with Gasteiger partial charge in [0.15, 0.2) is 0 Å². The van der Waals surface area contributed by atoms with Gasteiger partial charge in [-0.15, -0.1) is 0 Å². The van der Waals surface area contributed by atoms with Crippen molar-refractivity contribution in [3.8, 4) is 0 Å². The lowest BCUT2D eigenvalue weighted by Gasteiger charge is -2.26. The number of hydrogen-bond donors (Lipinski definition) is 1. The number of carbonyl (C=O) groups is 1. The highest BCUT2D eigenvalue weighted by Crippen LogP contribution is 2.24. The highest BCUT2D eigenvalue weighted by molar-refractivity contribution is 7.92. The van der Waals surface area contributed by atoms with E-state index in [1.165, 1.54) is 18.2 Å². The van der Waals surface area contributed by atoms with Gasteiger partial charge in [-0.25, -0.2) is 12.8 Å². The summed E-state index contributed by atoms with van der Waals surface area (Å²) in [6.07, 6.45) is 1.04. The Bertz CT molecular complexity index is 933. The lowest BCUT2D eigenvalue weighted by molar-refractivity contribution is 0.0910. The number of benzene rings is 2. The number of nitrogens with zero attached hydrogens (tertiary/aromatic N) is 1. The van der Waals surface area contributed by atoms with Crippen LogP contribution < -0.4 is 9.62 Å². The molecule has 7 heteroatoms. The zero-order valence-corrected chi connectivity index (χ0v) is 18.3. The maximum Gasteiger partial charge on any atom is 0.251 e. The standard InChI is InChI=1S/C22H29FN2O3S/c1-15(2)21(16(3)4)24-22(26)18-12-10-17(11-13-18)14-25(29(5,27)28)20-9-7-6-8-19(20)23/h6-13,15-16,21H,14H2,1-5H3,(H,24,26). The SMILES string of the molecule is CC(C)C(NC(=O)c1ccc(CN(c2ccccc2F)S(C)(=O)=O)cc1)C(C)C. The van der Waals surface area contributed by atoms with Gasteiger partial charge in [0.2, 0.25) is 10.0 Å². The first-order valence-corrected chi connectivity index (χ1v) is 11.5. The molecule has 0 aliphatic rings. The van der Waals surface area contributed by atoms with Crippen LogP contribution >= 0.6 is 0 Å². The van der Waals surface area contributed by atoms with Crippen molar-refractivity contribution in [3.05, 3.63) is 65.5 Å². The van der Waals surface area contributed by atoms with Crippen LogP contribution in [0.5, 0.6) is 0 Å². The van der Waals surface area contributed by atoms with Gasteiger partial charge in [-0.1, -0.05) is 52.0 Å². The molecule has 0 fully saturated rings. The first kappa shape index (κ1) is 22.9. The molecule has 0 aliphatic carbocycles. The summed E-state index contributed by atoms with van der Waals surface area (Å²) in [7, 11) is -3.69. The zero-order chi connectivity index (χ0) is 21.8. The molecule has 1 N–H and O–H groups in total. The van der Waals surface area contributed by atoms with Gasteiger partial charge in [-0.05, 0) is 41.7 Å². The molecule has 2 aromatic rings. The Morgan fingerprint density at radius 3 is 2.03 bits per heavy atom. The predicted molar refractivity (Wildman–Crippen MR) is 115 cm³/mol. The third-order valence-electron chi connectivity index (χ3n) is 4.80. The van der Waals surface area contributed by atoms with Crippen LogP contribution in [0.2, 0.25) is 0 Å². The van der Waals surface area contributed by atoms with Crippen LogP contribution in [0.25, 0.3) is 0 Å². The van der Waals surface area contributed by atoms with Gasteiger partial charge in [0.1, 0.15) is 5.82 Å². The fraction of sp³-hybridized carbons (Fsp3) is 0.409. The second-order valence-corrected chi connectivity index (χ2v) is 9.81. The van der Waals surface area contributed by atoms with Crippen molar-refractivity contribution in [1.29, 1.82) is 0 Å². The maximum absolute atomic E-state index is 14.1. The number of halogens is 1. The van der Waals surface area contributed by atoms with Crippen LogP contribution in [0, 0.1) is 17.7 Å². The molecular weight excluding hydrogens is 391 g/mol. The summed E-state index contributed by atoms with van der Waals surface area (Å²) in [4.78, 5) is 12.6. The Labute approximate surface area is 173 Å². The van der Waals surface area contributed by atoms with Crippen LogP contribution in [0.3, 0.4) is 0 Å². The Morgan fingerprint density at radius 1 is 1.00 bits per heavy atom. The van der Waals surface area contributed by atoms with Crippen LogP contribution in [0.15, 0.2) is 48.5 Å². The van der Waals surface area contributed by atoms with Crippen molar-refractivity contribution in [2.45, 2.75) is 40.3 Å². The van der Waals surface area contributed by atoms with Gasteiger partial charge in [0.05, 0.1) is 18.5 Å². The van der Waals surface area contributed by atoms with Crippen LogP contribution in [-0.4, -0.2) is 26.6 Å². The topological polar surface area (TPSA) is 66.5 Å². The quantitative estimate of drug-likeness (QED) is 0.696. The van der Waals surface area contributed by atoms with Crippen molar-refractivity contribution in [1.82, 2.24) is 5.32 Å². The molecule has 0 saturated heterocycles. The number of nitrogens with one attached hydrogen (secondary N) is 1. The van der Waals surface area contributed by atoms with Gasteiger partial charge in [0, 0.05) is 11.6 Å². The van der Waals surface area contributed by atoms with E-state index < -0.39 is 15.8 Å². The van der Waals surface area contributed by atoms with E-state index in [2.05, 4.69) is 33.0 Å². The first-order valence-electron chi connectivity index (χ1n) is 9.62. The van der Waals surface area contributed by atoms with E-state index in [1.54, 1.807) is 30.3 Å². The molecule has 0 saturated carbocycles. The second-order valence-electron chi connectivity index (χ2n) is 7.91. The molecular formula is C22H29FN2O3S. The number of carbonyl (C=O) groups excluding carboxylic acids is 1. The van der Waals surface area contributed by atoms with Gasteiger partial charge in [0.25, 0.3) is 5.91 Å². The lowest BCUT2D eigenvalue weighted by atomic mass is 9.93.